The molecule has 1 heterocycles. The van der Waals surface area contributed by atoms with E-state index in [9.17, 15) is 14.4 Å². The number of hydrogen-bond donors (Lipinski definition) is 1. The molecule has 0 atom stereocenters. The molecule has 2 aromatic carbocycles. The van der Waals surface area contributed by atoms with Gasteiger partial charge in [-0.1, -0.05) is 6.07 Å². The zero-order chi connectivity index (χ0) is 19.4. The van der Waals surface area contributed by atoms with Crippen molar-refractivity contribution in [3.8, 4) is 5.75 Å². The summed E-state index contributed by atoms with van der Waals surface area (Å²) in [4.78, 5) is 37.9. The number of rotatable bonds is 5. The summed E-state index contributed by atoms with van der Waals surface area (Å²) in [5.74, 6) is -0.438. The lowest BCUT2D eigenvalue weighted by molar-refractivity contribution is -0.118. The minimum Gasteiger partial charge on any atom is -0.482 e. The third-order valence-electron chi connectivity index (χ3n) is 4.09. The van der Waals surface area contributed by atoms with Crippen LogP contribution in [0.4, 0.5) is 11.4 Å². The van der Waals surface area contributed by atoms with Gasteiger partial charge in [-0.05, 0) is 50.2 Å². The van der Waals surface area contributed by atoms with Crippen molar-refractivity contribution < 1.29 is 23.9 Å². The van der Waals surface area contributed by atoms with Gasteiger partial charge in [0.15, 0.2) is 6.61 Å². The molecule has 0 fully saturated rings. The zero-order valence-corrected chi connectivity index (χ0v) is 15.2. The van der Waals surface area contributed by atoms with Crippen LogP contribution in [0.15, 0.2) is 42.5 Å². The SMILES string of the molecule is CCOC(=O)c1cccc(N(CC)C(=O)c2ccc3c(c2)OCC(=O)N3)c1. The first-order chi connectivity index (χ1) is 13.0. The molecule has 0 aliphatic carbocycles. The van der Waals surface area contributed by atoms with Crippen LogP contribution in [0.3, 0.4) is 0 Å². The maximum atomic E-state index is 13.0. The van der Waals surface area contributed by atoms with E-state index in [1.165, 1.54) is 0 Å². The molecule has 7 heteroatoms. The largest absolute Gasteiger partial charge is 0.482 e. The highest BCUT2D eigenvalue weighted by Crippen LogP contribution is 2.29. The predicted molar refractivity (Wildman–Crippen MR) is 100 cm³/mol. The van der Waals surface area contributed by atoms with E-state index in [1.54, 1.807) is 54.3 Å². The number of anilines is 2. The summed E-state index contributed by atoms with van der Waals surface area (Å²) in [6.45, 7) is 4.21. The summed E-state index contributed by atoms with van der Waals surface area (Å²) in [7, 11) is 0. The monoisotopic (exact) mass is 368 g/mol. The van der Waals surface area contributed by atoms with Crippen LogP contribution in [-0.2, 0) is 9.53 Å². The number of nitrogens with zero attached hydrogens (tertiary/aromatic N) is 1. The molecule has 1 aliphatic rings. The molecule has 1 N–H and O–H groups in total. The Labute approximate surface area is 156 Å². The molecule has 0 bridgehead atoms. The zero-order valence-electron chi connectivity index (χ0n) is 15.2. The molecule has 0 radical (unpaired) electrons. The topological polar surface area (TPSA) is 84.9 Å². The standard InChI is InChI=1S/C20H20N2O5/c1-3-22(15-7-5-6-14(10-15)20(25)26-4-2)19(24)13-8-9-16-17(11-13)27-12-18(23)21-16/h5-11H,3-4,12H2,1-2H3,(H,21,23). The minimum atomic E-state index is -0.430. The number of carbonyl (C=O) groups is 3. The van der Waals surface area contributed by atoms with Crippen LogP contribution in [0.25, 0.3) is 0 Å². The van der Waals surface area contributed by atoms with Crippen molar-refractivity contribution in [1.29, 1.82) is 0 Å². The highest BCUT2D eigenvalue weighted by atomic mass is 16.5. The first-order valence-electron chi connectivity index (χ1n) is 8.69. The summed E-state index contributed by atoms with van der Waals surface area (Å²) in [6.07, 6.45) is 0. The number of amides is 2. The molecule has 0 spiro atoms. The molecule has 140 valence electrons. The van der Waals surface area contributed by atoms with Crippen molar-refractivity contribution in [3.63, 3.8) is 0 Å². The van der Waals surface area contributed by atoms with Crippen LogP contribution in [0, 0.1) is 0 Å². The lowest BCUT2D eigenvalue weighted by atomic mass is 10.1. The Morgan fingerprint density at radius 2 is 1.96 bits per heavy atom. The van der Waals surface area contributed by atoms with Gasteiger partial charge in [-0.25, -0.2) is 4.79 Å². The summed E-state index contributed by atoms with van der Waals surface area (Å²) in [5.41, 5.74) is 1.94. The maximum absolute atomic E-state index is 13.0. The molecular weight excluding hydrogens is 348 g/mol. The first kappa shape index (κ1) is 18.4. The van der Waals surface area contributed by atoms with E-state index >= 15 is 0 Å². The van der Waals surface area contributed by atoms with Gasteiger partial charge in [-0.3, -0.25) is 9.59 Å². The first-order valence-corrected chi connectivity index (χ1v) is 8.69. The molecule has 27 heavy (non-hydrogen) atoms. The maximum Gasteiger partial charge on any atom is 0.338 e. The molecule has 0 saturated carbocycles. The Bertz CT molecular complexity index is 894. The number of fused-ring (bicyclic) bond motifs is 1. The number of nitrogens with one attached hydrogen (secondary N) is 1. The fraction of sp³-hybridized carbons (Fsp3) is 0.250. The molecule has 2 aromatic rings. The number of esters is 1. The Balaban J connectivity index is 1.88. The highest BCUT2D eigenvalue weighted by Gasteiger charge is 2.21. The molecule has 0 unspecified atom stereocenters. The number of carbonyl (C=O) groups excluding carboxylic acids is 3. The molecular formula is C20H20N2O5. The molecule has 7 nitrogen and oxygen atoms in total. The quantitative estimate of drug-likeness (QED) is 0.821. The molecule has 0 saturated heterocycles. The number of ether oxygens (including phenoxy) is 2. The van der Waals surface area contributed by atoms with E-state index in [-0.39, 0.29) is 25.0 Å². The van der Waals surface area contributed by atoms with Crippen LogP contribution in [-0.4, -0.2) is 37.5 Å². The van der Waals surface area contributed by atoms with Crippen LogP contribution in [0.1, 0.15) is 34.6 Å². The van der Waals surface area contributed by atoms with Gasteiger partial charge in [0.05, 0.1) is 17.9 Å². The fourth-order valence-corrected chi connectivity index (χ4v) is 2.82. The van der Waals surface area contributed by atoms with E-state index in [0.717, 1.165) is 0 Å². The lowest BCUT2D eigenvalue weighted by Crippen LogP contribution is -2.31. The number of hydrogen-bond acceptors (Lipinski definition) is 5. The summed E-state index contributed by atoms with van der Waals surface area (Å²) < 4.78 is 10.4. The van der Waals surface area contributed by atoms with E-state index in [4.69, 9.17) is 9.47 Å². The van der Waals surface area contributed by atoms with Crippen LogP contribution < -0.4 is 15.0 Å². The van der Waals surface area contributed by atoms with Gasteiger partial charge >= 0.3 is 5.97 Å². The third kappa shape index (κ3) is 3.92. The van der Waals surface area contributed by atoms with Gasteiger partial charge in [-0.15, -0.1) is 0 Å². The van der Waals surface area contributed by atoms with Crippen LogP contribution in [0.5, 0.6) is 5.75 Å². The molecule has 3 rings (SSSR count). The van der Waals surface area contributed by atoms with E-state index < -0.39 is 5.97 Å². The van der Waals surface area contributed by atoms with Crippen molar-refractivity contribution in [3.05, 3.63) is 53.6 Å². The highest BCUT2D eigenvalue weighted by molar-refractivity contribution is 6.07. The van der Waals surface area contributed by atoms with Gasteiger partial charge in [0.2, 0.25) is 0 Å². The smallest absolute Gasteiger partial charge is 0.338 e. The molecule has 0 aromatic heterocycles. The minimum absolute atomic E-state index is 0.0796. The van der Waals surface area contributed by atoms with Crippen LogP contribution in [0.2, 0.25) is 0 Å². The van der Waals surface area contributed by atoms with Crippen LogP contribution >= 0.6 is 0 Å². The second kappa shape index (κ2) is 7.90. The van der Waals surface area contributed by atoms with Gasteiger partial charge in [0, 0.05) is 17.8 Å². The Morgan fingerprint density at radius 1 is 1.15 bits per heavy atom. The van der Waals surface area contributed by atoms with Crippen molar-refractivity contribution in [1.82, 2.24) is 0 Å². The fourth-order valence-electron chi connectivity index (χ4n) is 2.82. The number of benzene rings is 2. The Kier molecular flexibility index (Phi) is 5.40. The van der Waals surface area contributed by atoms with E-state index in [0.29, 0.717) is 34.8 Å². The van der Waals surface area contributed by atoms with Crippen molar-refractivity contribution in [2.45, 2.75) is 13.8 Å². The predicted octanol–water partition coefficient (Wildman–Crippen LogP) is 2.86. The summed E-state index contributed by atoms with van der Waals surface area (Å²) in [6, 6.07) is 11.6. The van der Waals surface area contributed by atoms with Gasteiger partial charge in [-0.2, -0.15) is 0 Å². The lowest BCUT2D eigenvalue weighted by Gasteiger charge is -2.23. The second-order valence-electron chi connectivity index (χ2n) is 5.87. The Hall–Kier alpha value is -3.35. The van der Waals surface area contributed by atoms with Gasteiger partial charge in [0.1, 0.15) is 5.75 Å². The third-order valence-corrected chi connectivity index (χ3v) is 4.09. The molecule has 1 aliphatic heterocycles. The van der Waals surface area contributed by atoms with Crippen molar-refractivity contribution in [2.24, 2.45) is 0 Å². The molecule has 2 amide bonds. The summed E-state index contributed by atoms with van der Waals surface area (Å²) in [5, 5.41) is 2.69. The van der Waals surface area contributed by atoms with Gasteiger partial charge < -0.3 is 19.7 Å². The van der Waals surface area contributed by atoms with Crippen molar-refractivity contribution >= 4 is 29.2 Å². The second-order valence-corrected chi connectivity index (χ2v) is 5.87. The van der Waals surface area contributed by atoms with Crippen molar-refractivity contribution in [2.75, 3.05) is 30.0 Å². The van der Waals surface area contributed by atoms with E-state index in [2.05, 4.69) is 5.32 Å². The summed E-state index contributed by atoms with van der Waals surface area (Å²) >= 11 is 0. The van der Waals surface area contributed by atoms with E-state index in [1.807, 2.05) is 6.92 Å². The normalized spacial score (nSPS) is 12.4. The average molecular weight is 368 g/mol. The average Bonchev–Trinajstić information content (AvgIpc) is 2.68. The Morgan fingerprint density at radius 3 is 2.70 bits per heavy atom. The van der Waals surface area contributed by atoms with Gasteiger partial charge in [0.25, 0.3) is 11.8 Å².